The Bertz CT molecular complexity index is 3310. The molecule has 0 saturated carbocycles. The minimum absolute atomic E-state index is 1.12. The van der Waals surface area contributed by atoms with Gasteiger partial charge < -0.3 is 9.80 Å². The molecule has 0 heterocycles. The van der Waals surface area contributed by atoms with Crippen LogP contribution in [-0.2, 0) is 0 Å². The van der Waals surface area contributed by atoms with Crippen LogP contribution in [0, 0.1) is 0 Å². The number of benzene rings is 12. The van der Waals surface area contributed by atoms with E-state index in [4.69, 9.17) is 0 Å². The highest BCUT2D eigenvalue weighted by atomic mass is 15.1. The largest absolute Gasteiger partial charge is 0.310 e. The highest BCUT2D eigenvalue weighted by Crippen LogP contribution is 2.45. The molecule has 2 heteroatoms. The number of rotatable bonds is 8. The van der Waals surface area contributed by atoms with Gasteiger partial charge in [-0.1, -0.05) is 182 Å². The van der Waals surface area contributed by atoms with Crippen molar-refractivity contribution < 1.29 is 0 Å². The Hall–Kier alpha value is -8.20. The number of nitrogens with zero attached hydrogens (tertiary/aromatic N) is 2. The molecule has 0 unspecified atom stereocenters. The van der Waals surface area contributed by atoms with Gasteiger partial charge in [0.25, 0.3) is 0 Å². The smallest absolute Gasteiger partial charge is 0.0540 e. The fourth-order valence-corrected chi connectivity index (χ4v) is 9.70. The van der Waals surface area contributed by atoms with E-state index in [2.05, 4.69) is 252 Å². The molecular formula is C60H40N2. The van der Waals surface area contributed by atoms with Crippen LogP contribution in [0.4, 0.5) is 34.1 Å². The van der Waals surface area contributed by atoms with Crippen LogP contribution in [0.3, 0.4) is 0 Å². The summed E-state index contributed by atoms with van der Waals surface area (Å²) < 4.78 is 0. The maximum absolute atomic E-state index is 2.37. The molecular weight excluding hydrogens is 749 g/mol. The Balaban J connectivity index is 0.942. The van der Waals surface area contributed by atoms with E-state index in [-0.39, 0.29) is 0 Å². The summed E-state index contributed by atoms with van der Waals surface area (Å²) in [6.45, 7) is 0. The van der Waals surface area contributed by atoms with Crippen molar-refractivity contribution in [2.75, 3.05) is 9.80 Å². The summed E-state index contributed by atoms with van der Waals surface area (Å²) in [4.78, 5) is 4.74. The number of hydrogen-bond acceptors (Lipinski definition) is 2. The second-order valence-electron chi connectivity index (χ2n) is 16.1. The average Bonchev–Trinajstić information content (AvgIpc) is 3.35. The lowest BCUT2D eigenvalue weighted by Gasteiger charge is -2.27. The third kappa shape index (κ3) is 5.96. The third-order valence-electron chi connectivity index (χ3n) is 12.6. The van der Waals surface area contributed by atoms with Crippen LogP contribution < -0.4 is 9.80 Å². The van der Waals surface area contributed by atoms with Crippen molar-refractivity contribution in [3.05, 3.63) is 243 Å². The van der Waals surface area contributed by atoms with Gasteiger partial charge in [0, 0.05) is 33.5 Å². The molecule has 62 heavy (non-hydrogen) atoms. The lowest BCUT2D eigenvalue weighted by Crippen LogP contribution is -2.10. The highest BCUT2D eigenvalue weighted by molar-refractivity contribution is 6.27. The zero-order valence-corrected chi connectivity index (χ0v) is 34.0. The van der Waals surface area contributed by atoms with Crippen molar-refractivity contribution >= 4 is 88.0 Å². The molecule has 2 nitrogen and oxygen atoms in total. The fourth-order valence-electron chi connectivity index (χ4n) is 9.70. The summed E-state index contributed by atoms with van der Waals surface area (Å²) in [7, 11) is 0. The van der Waals surface area contributed by atoms with Crippen LogP contribution in [0.1, 0.15) is 0 Å². The van der Waals surface area contributed by atoms with E-state index in [9.17, 15) is 0 Å². The Kier molecular flexibility index (Phi) is 8.53. The molecule has 12 aromatic carbocycles. The van der Waals surface area contributed by atoms with Crippen LogP contribution >= 0.6 is 0 Å². The zero-order valence-electron chi connectivity index (χ0n) is 34.0. The van der Waals surface area contributed by atoms with Crippen molar-refractivity contribution in [2.45, 2.75) is 0 Å². The summed E-state index contributed by atoms with van der Waals surface area (Å²) in [5, 5.41) is 12.6. The SMILES string of the molecule is c1ccc(N(c2ccc(-c3ccc4ccc5c(-c6ccc(N(c7ccccc7)c7cccc8ccccc78)cc6)ccc6ccc3c4c65)cc2)c2cccc3ccccc23)cc1. The van der Waals surface area contributed by atoms with Crippen molar-refractivity contribution in [1.29, 1.82) is 0 Å². The van der Waals surface area contributed by atoms with Crippen LogP contribution in [0.5, 0.6) is 0 Å². The van der Waals surface area contributed by atoms with Crippen LogP contribution in [0.25, 0.3) is 76.1 Å². The topological polar surface area (TPSA) is 6.48 Å². The molecule has 12 aromatic rings. The molecule has 0 N–H and O–H groups in total. The van der Waals surface area contributed by atoms with Gasteiger partial charge in [-0.3, -0.25) is 0 Å². The van der Waals surface area contributed by atoms with Crippen LogP contribution in [-0.4, -0.2) is 0 Å². The Morgan fingerprint density at radius 1 is 0.210 bits per heavy atom. The molecule has 0 radical (unpaired) electrons. The fraction of sp³-hybridized carbons (Fsp3) is 0. The van der Waals surface area contributed by atoms with Gasteiger partial charge >= 0.3 is 0 Å². The number of para-hydroxylation sites is 2. The van der Waals surface area contributed by atoms with Gasteiger partial charge in [0.05, 0.1) is 11.4 Å². The standard InChI is InChI=1S/C60H40N2/c1-3-17-47(18-4-1)61(57-23-11-15-41-13-7-9-21-53(41)57)49-33-25-43(26-34-49)51-37-29-45-32-40-56-52(38-30-46-31-39-55(51)59(45)60(46)56)44-27-35-50(36-28-44)62(48-19-5-2-6-20-48)58-24-12-16-42-14-8-10-22-54(42)58/h1-40H. The molecule has 0 amide bonds. The average molecular weight is 789 g/mol. The molecule has 0 aliphatic heterocycles. The first-order valence-electron chi connectivity index (χ1n) is 21.3. The Morgan fingerprint density at radius 2 is 0.565 bits per heavy atom. The molecule has 0 saturated heterocycles. The molecule has 0 fully saturated rings. The van der Waals surface area contributed by atoms with E-state index < -0.39 is 0 Å². The second-order valence-corrected chi connectivity index (χ2v) is 16.1. The Labute approximate surface area is 361 Å². The molecule has 0 bridgehead atoms. The Morgan fingerprint density at radius 3 is 1.00 bits per heavy atom. The lowest BCUT2D eigenvalue weighted by molar-refractivity contribution is 1.30. The van der Waals surface area contributed by atoms with Crippen molar-refractivity contribution in [2.24, 2.45) is 0 Å². The van der Waals surface area contributed by atoms with Crippen LogP contribution in [0.15, 0.2) is 243 Å². The second kappa shape index (κ2) is 14.8. The quantitative estimate of drug-likeness (QED) is 0.142. The van der Waals surface area contributed by atoms with E-state index >= 15 is 0 Å². The maximum atomic E-state index is 2.37. The van der Waals surface area contributed by atoms with E-state index in [0.29, 0.717) is 0 Å². The number of anilines is 6. The summed E-state index contributed by atoms with van der Waals surface area (Å²) >= 11 is 0. The molecule has 290 valence electrons. The summed E-state index contributed by atoms with van der Waals surface area (Å²) in [6, 6.07) is 88.4. The minimum atomic E-state index is 1.12. The summed E-state index contributed by atoms with van der Waals surface area (Å²) in [5.41, 5.74) is 11.7. The molecule has 0 aliphatic rings. The summed E-state index contributed by atoms with van der Waals surface area (Å²) in [5.74, 6) is 0. The van der Waals surface area contributed by atoms with Gasteiger partial charge in [-0.15, -0.1) is 0 Å². The van der Waals surface area contributed by atoms with Crippen molar-refractivity contribution in [3.8, 4) is 22.3 Å². The van der Waals surface area contributed by atoms with Crippen molar-refractivity contribution in [3.63, 3.8) is 0 Å². The minimum Gasteiger partial charge on any atom is -0.310 e. The molecule has 12 rings (SSSR count). The predicted octanol–water partition coefficient (Wildman–Crippen LogP) is 17.2. The van der Waals surface area contributed by atoms with Gasteiger partial charge in [-0.2, -0.15) is 0 Å². The van der Waals surface area contributed by atoms with Gasteiger partial charge in [-0.25, -0.2) is 0 Å². The molecule has 0 aromatic heterocycles. The predicted molar refractivity (Wildman–Crippen MR) is 265 cm³/mol. The van der Waals surface area contributed by atoms with Gasteiger partial charge in [-0.05, 0) is 126 Å². The van der Waals surface area contributed by atoms with E-state index in [1.165, 1.54) is 76.1 Å². The number of fused-ring (bicyclic) bond motifs is 2. The maximum Gasteiger partial charge on any atom is 0.0540 e. The monoisotopic (exact) mass is 788 g/mol. The normalized spacial score (nSPS) is 11.5. The lowest BCUT2D eigenvalue weighted by atomic mass is 9.87. The third-order valence-corrected chi connectivity index (χ3v) is 12.6. The number of hydrogen-bond donors (Lipinski definition) is 0. The van der Waals surface area contributed by atoms with Crippen LogP contribution in [0.2, 0.25) is 0 Å². The molecule has 0 aliphatic carbocycles. The molecule has 0 atom stereocenters. The van der Waals surface area contributed by atoms with E-state index in [1.807, 2.05) is 0 Å². The van der Waals surface area contributed by atoms with Gasteiger partial charge in [0.2, 0.25) is 0 Å². The van der Waals surface area contributed by atoms with Crippen molar-refractivity contribution in [1.82, 2.24) is 0 Å². The van der Waals surface area contributed by atoms with E-state index in [1.54, 1.807) is 0 Å². The molecule has 0 spiro atoms. The zero-order chi connectivity index (χ0) is 41.0. The van der Waals surface area contributed by atoms with Gasteiger partial charge in [0.15, 0.2) is 0 Å². The summed E-state index contributed by atoms with van der Waals surface area (Å²) in [6.07, 6.45) is 0. The van der Waals surface area contributed by atoms with E-state index in [0.717, 1.165) is 34.1 Å². The highest BCUT2D eigenvalue weighted by Gasteiger charge is 2.19. The van der Waals surface area contributed by atoms with Gasteiger partial charge in [0.1, 0.15) is 0 Å². The first-order chi connectivity index (χ1) is 30.8. The first kappa shape index (κ1) is 35.7. The first-order valence-corrected chi connectivity index (χ1v) is 21.3.